The van der Waals surface area contributed by atoms with E-state index in [1.807, 2.05) is 5.32 Å². The highest BCUT2D eigenvalue weighted by Crippen LogP contribution is 2.24. The number of furan rings is 1. The Morgan fingerprint density at radius 2 is 2.12 bits per heavy atom. The molecule has 0 aliphatic carbocycles. The monoisotopic (exact) mass is 366 g/mol. The fraction of sp³-hybridized carbons (Fsp3) is 0.357. The first-order chi connectivity index (χ1) is 11.9. The molecule has 0 radical (unpaired) electrons. The Bertz CT molecular complexity index is 757. The summed E-state index contributed by atoms with van der Waals surface area (Å²) >= 11 is 1.11. The van der Waals surface area contributed by atoms with Gasteiger partial charge in [-0.25, -0.2) is 4.79 Å². The minimum Gasteiger partial charge on any atom is -0.467 e. The van der Waals surface area contributed by atoms with Crippen LogP contribution in [0.2, 0.25) is 0 Å². The average molecular weight is 366 g/mol. The van der Waals surface area contributed by atoms with E-state index in [1.54, 1.807) is 29.9 Å². The van der Waals surface area contributed by atoms with Gasteiger partial charge in [0, 0.05) is 12.8 Å². The second kappa shape index (κ2) is 8.33. The fourth-order valence-electron chi connectivity index (χ4n) is 1.98. The Hall–Kier alpha value is -2.82. The molecule has 1 atom stereocenters. The van der Waals surface area contributed by atoms with Gasteiger partial charge in [0.1, 0.15) is 11.6 Å². The van der Waals surface area contributed by atoms with E-state index in [4.69, 9.17) is 15.9 Å². The summed E-state index contributed by atoms with van der Waals surface area (Å²) in [5, 5.41) is 9.96. The molecular formula is C14H18N6O4S. The molecule has 2 aromatic rings. The van der Waals surface area contributed by atoms with Crippen molar-refractivity contribution in [1.82, 2.24) is 20.1 Å². The third kappa shape index (κ3) is 5.35. The Morgan fingerprint density at radius 1 is 1.36 bits per heavy atom. The second-order valence-electron chi connectivity index (χ2n) is 5.14. The molecule has 10 nitrogen and oxygen atoms in total. The number of thioether (sulfide) groups is 1. The van der Waals surface area contributed by atoms with Crippen LogP contribution >= 0.6 is 11.8 Å². The Kier molecular flexibility index (Phi) is 6.17. The van der Waals surface area contributed by atoms with E-state index in [9.17, 15) is 14.4 Å². The van der Waals surface area contributed by atoms with Crippen LogP contribution in [0.25, 0.3) is 0 Å². The summed E-state index contributed by atoms with van der Waals surface area (Å²) in [5.74, 6) is 0.219. The van der Waals surface area contributed by atoms with E-state index in [2.05, 4.69) is 10.2 Å². The van der Waals surface area contributed by atoms with Gasteiger partial charge in [0.15, 0.2) is 5.16 Å². The molecule has 0 saturated heterocycles. The number of primary amides is 2. The van der Waals surface area contributed by atoms with E-state index in [0.717, 1.165) is 11.8 Å². The minimum atomic E-state index is -0.920. The number of rotatable bonds is 8. The van der Waals surface area contributed by atoms with Crippen molar-refractivity contribution < 1.29 is 18.8 Å². The Morgan fingerprint density at radius 3 is 2.72 bits per heavy atom. The van der Waals surface area contributed by atoms with Crippen LogP contribution in [0.4, 0.5) is 4.79 Å². The number of nitrogens with one attached hydrogen (secondary N) is 1. The molecule has 134 valence electrons. The van der Waals surface area contributed by atoms with Crippen LogP contribution in [0.5, 0.6) is 0 Å². The maximum Gasteiger partial charge on any atom is 0.318 e. The summed E-state index contributed by atoms with van der Waals surface area (Å²) in [5.41, 5.74) is 10.1. The van der Waals surface area contributed by atoms with E-state index >= 15 is 0 Å². The van der Waals surface area contributed by atoms with Gasteiger partial charge < -0.3 is 15.9 Å². The van der Waals surface area contributed by atoms with E-state index in [1.165, 1.54) is 0 Å². The van der Waals surface area contributed by atoms with Crippen LogP contribution in [0.15, 0.2) is 28.0 Å². The van der Waals surface area contributed by atoms with Crippen molar-refractivity contribution in [2.75, 3.05) is 0 Å². The van der Waals surface area contributed by atoms with Crippen molar-refractivity contribution in [1.29, 1.82) is 0 Å². The molecule has 4 amide bonds. The summed E-state index contributed by atoms with van der Waals surface area (Å²) in [6.07, 6.45) is 1.97. The standard InChI is InChI=1S/C14H18N6O4S/c1-8(12(22)17-13(16)23)25-14-19-18-11(5-4-10(15)21)20(14)7-9-3-2-6-24-9/h2-3,6,8H,4-5,7H2,1H3,(H2,15,21)(H3,16,17,22,23). The lowest BCUT2D eigenvalue weighted by Crippen LogP contribution is -2.39. The van der Waals surface area contributed by atoms with Crippen molar-refractivity contribution in [3.8, 4) is 0 Å². The normalized spacial score (nSPS) is 11.9. The van der Waals surface area contributed by atoms with Crippen LogP contribution < -0.4 is 16.8 Å². The van der Waals surface area contributed by atoms with E-state index in [-0.39, 0.29) is 6.42 Å². The highest BCUT2D eigenvalue weighted by atomic mass is 32.2. The van der Waals surface area contributed by atoms with Crippen molar-refractivity contribution >= 4 is 29.6 Å². The van der Waals surface area contributed by atoms with Gasteiger partial charge in [-0.05, 0) is 19.1 Å². The van der Waals surface area contributed by atoms with Crippen LogP contribution in [0.1, 0.15) is 24.9 Å². The van der Waals surface area contributed by atoms with Crippen molar-refractivity contribution in [2.45, 2.75) is 36.7 Å². The molecule has 25 heavy (non-hydrogen) atoms. The molecule has 2 aromatic heterocycles. The number of carbonyl (C=O) groups is 3. The lowest BCUT2D eigenvalue weighted by Gasteiger charge is -2.12. The molecule has 1 unspecified atom stereocenters. The third-order valence-electron chi connectivity index (χ3n) is 3.18. The molecule has 2 rings (SSSR count). The molecular weight excluding hydrogens is 348 g/mol. The van der Waals surface area contributed by atoms with Crippen molar-refractivity contribution in [3.05, 3.63) is 30.0 Å². The van der Waals surface area contributed by atoms with Gasteiger partial charge in [-0.2, -0.15) is 0 Å². The zero-order valence-electron chi connectivity index (χ0n) is 13.5. The summed E-state index contributed by atoms with van der Waals surface area (Å²) < 4.78 is 7.07. The quantitative estimate of drug-likeness (QED) is 0.555. The number of carbonyl (C=O) groups excluding carboxylic acids is 3. The van der Waals surface area contributed by atoms with Crippen molar-refractivity contribution in [3.63, 3.8) is 0 Å². The Balaban J connectivity index is 2.19. The predicted octanol–water partition coefficient (Wildman–Crippen LogP) is 0.0128. The molecule has 5 N–H and O–H groups in total. The van der Waals surface area contributed by atoms with Gasteiger partial charge in [0.05, 0.1) is 18.1 Å². The van der Waals surface area contributed by atoms with E-state index in [0.29, 0.717) is 29.7 Å². The highest BCUT2D eigenvalue weighted by molar-refractivity contribution is 8.00. The largest absolute Gasteiger partial charge is 0.467 e. The smallest absolute Gasteiger partial charge is 0.318 e. The second-order valence-corrected chi connectivity index (χ2v) is 6.45. The highest BCUT2D eigenvalue weighted by Gasteiger charge is 2.21. The number of amides is 4. The number of hydrogen-bond donors (Lipinski definition) is 3. The maximum atomic E-state index is 11.8. The number of aryl methyl sites for hydroxylation is 1. The third-order valence-corrected chi connectivity index (χ3v) is 4.26. The van der Waals surface area contributed by atoms with Gasteiger partial charge in [-0.15, -0.1) is 10.2 Å². The molecule has 0 bridgehead atoms. The zero-order chi connectivity index (χ0) is 18.4. The Labute approximate surface area is 147 Å². The molecule has 0 saturated carbocycles. The van der Waals surface area contributed by atoms with Crippen LogP contribution in [-0.4, -0.2) is 37.9 Å². The van der Waals surface area contributed by atoms with Crippen molar-refractivity contribution in [2.24, 2.45) is 11.5 Å². The van der Waals surface area contributed by atoms with Gasteiger partial charge in [0.2, 0.25) is 11.8 Å². The maximum absolute atomic E-state index is 11.8. The van der Waals surface area contributed by atoms with Gasteiger partial charge >= 0.3 is 6.03 Å². The van der Waals surface area contributed by atoms with E-state index < -0.39 is 23.1 Å². The molecule has 0 aliphatic heterocycles. The first-order valence-electron chi connectivity index (χ1n) is 7.36. The SMILES string of the molecule is CC(Sc1nnc(CCC(N)=O)n1Cc1ccco1)C(=O)NC(N)=O. The lowest BCUT2D eigenvalue weighted by molar-refractivity contribution is -0.119. The number of nitrogens with two attached hydrogens (primary N) is 2. The number of aromatic nitrogens is 3. The summed E-state index contributed by atoms with van der Waals surface area (Å²) in [7, 11) is 0. The molecule has 2 heterocycles. The average Bonchev–Trinajstić information content (AvgIpc) is 3.16. The summed E-state index contributed by atoms with van der Waals surface area (Å²) in [6.45, 7) is 1.94. The predicted molar refractivity (Wildman–Crippen MR) is 88.4 cm³/mol. The molecule has 0 spiro atoms. The number of nitrogens with zero attached hydrogens (tertiary/aromatic N) is 3. The lowest BCUT2D eigenvalue weighted by atomic mass is 10.3. The molecule has 0 aliphatic rings. The molecule has 0 aromatic carbocycles. The van der Waals surface area contributed by atoms with Crippen LogP contribution in [-0.2, 0) is 22.6 Å². The first kappa shape index (κ1) is 18.5. The van der Waals surface area contributed by atoms with Crippen LogP contribution in [0.3, 0.4) is 0 Å². The summed E-state index contributed by atoms with van der Waals surface area (Å²) in [6, 6.07) is 2.62. The number of hydrogen-bond acceptors (Lipinski definition) is 7. The molecule has 11 heteroatoms. The number of urea groups is 1. The summed E-state index contributed by atoms with van der Waals surface area (Å²) in [4.78, 5) is 33.6. The minimum absolute atomic E-state index is 0.124. The van der Waals surface area contributed by atoms with Gasteiger partial charge in [0.25, 0.3) is 0 Å². The molecule has 0 fully saturated rings. The topological polar surface area (TPSA) is 159 Å². The van der Waals surface area contributed by atoms with Gasteiger partial charge in [-0.1, -0.05) is 11.8 Å². The fourth-order valence-corrected chi connectivity index (χ4v) is 2.85. The first-order valence-corrected chi connectivity index (χ1v) is 8.24. The zero-order valence-corrected chi connectivity index (χ0v) is 14.3. The van der Waals surface area contributed by atoms with Crippen LogP contribution in [0, 0.1) is 0 Å². The number of imide groups is 1. The van der Waals surface area contributed by atoms with Gasteiger partial charge in [-0.3, -0.25) is 19.5 Å².